The van der Waals surface area contributed by atoms with Gasteiger partial charge in [0.2, 0.25) is 0 Å². The summed E-state index contributed by atoms with van der Waals surface area (Å²) in [5.41, 5.74) is 0.176. The van der Waals surface area contributed by atoms with Gasteiger partial charge in [0.1, 0.15) is 23.5 Å². The van der Waals surface area contributed by atoms with Crippen molar-refractivity contribution in [2.45, 2.75) is 109 Å². The van der Waals surface area contributed by atoms with E-state index in [1.54, 1.807) is 24.3 Å². The summed E-state index contributed by atoms with van der Waals surface area (Å²) < 4.78 is 0. The van der Waals surface area contributed by atoms with E-state index >= 15 is 0 Å². The van der Waals surface area contributed by atoms with Crippen molar-refractivity contribution < 1.29 is 9.90 Å². The number of aryl methyl sites for hydroxylation is 1. The van der Waals surface area contributed by atoms with Crippen molar-refractivity contribution in [2.24, 2.45) is 16.7 Å². The van der Waals surface area contributed by atoms with Crippen LogP contribution in [0.15, 0.2) is 35.4 Å². The minimum Gasteiger partial charge on any atom is -0.480 e. The quantitative estimate of drug-likeness (QED) is 0.279. The number of aliphatic carboxylic acids is 1. The van der Waals surface area contributed by atoms with Crippen molar-refractivity contribution in [2.75, 3.05) is 0 Å². The zero-order chi connectivity index (χ0) is 29.7. The van der Waals surface area contributed by atoms with Crippen LogP contribution in [0, 0.1) is 62.1 Å². The minimum absolute atomic E-state index is 0.0140. The lowest BCUT2D eigenvalue weighted by Crippen LogP contribution is -2.47. The number of fused-ring (bicyclic) bond motifs is 3. The molecule has 41 heavy (non-hydrogen) atoms. The van der Waals surface area contributed by atoms with Gasteiger partial charge in [-0.3, -0.25) is 4.79 Å². The van der Waals surface area contributed by atoms with Crippen LogP contribution in [-0.2, 0) is 16.6 Å². The largest absolute Gasteiger partial charge is 0.480 e. The van der Waals surface area contributed by atoms with E-state index in [9.17, 15) is 30.9 Å². The lowest BCUT2D eigenvalue weighted by Gasteiger charge is -2.55. The molecule has 2 atom stereocenters. The standard InChI is InChI=1S/C35H40N4O2/c1-3-5-7-9-25-10-11-30(27(22-37)26(25)21-36)35(32(40)41)14-12-29(28(23-38)31(35)24-39)34-18-15-33(16-19-34,17-20-34)13-8-6-4-2/h10-12,14,31H,3-9,13,15-20H2,1-2H3,(H,40,41). The number of benzene rings is 1. The van der Waals surface area contributed by atoms with Crippen LogP contribution in [0.2, 0.25) is 0 Å². The number of rotatable bonds is 11. The molecule has 6 nitrogen and oxygen atoms in total. The molecule has 3 fully saturated rings. The Morgan fingerprint density at radius 1 is 0.878 bits per heavy atom. The molecule has 1 N–H and O–H groups in total. The highest BCUT2D eigenvalue weighted by Gasteiger charge is 2.56. The Kier molecular flexibility index (Phi) is 9.05. The van der Waals surface area contributed by atoms with Gasteiger partial charge >= 0.3 is 5.97 Å². The van der Waals surface area contributed by atoms with E-state index in [4.69, 9.17) is 0 Å². The maximum Gasteiger partial charge on any atom is 0.319 e. The van der Waals surface area contributed by atoms with Gasteiger partial charge in [-0.1, -0.05) is 70.2 Å². The van der Waals surface area contributed by atoms with Gasteiger partial charge in [0.25, 0.3) is 0 Å². The molecular formula is C35H40N4O2. The summed E-state index contributed by atoms with van der Waals surface area (Å²) in [6, 6.07) is 12.0. The average molecular weight is 549 g/mol. The van der Waals surface area contributed by atoms with Gasteiger partial charge in [-0.15, -0.1) is 0 Å². The van der Waals surface area contributed by atoms with E-state index in [-0.39, 0.29) is 27.7 Å². The average Bonchev–Trinajstić information content (AvgIpc) is 3.00. The van der Waals surface area contributed by atoms with Gasteiger partial charge < -0.3 is 5.11 Å². The van der Waals surface area contributed by atoms with E-state index in [0.717, 1.165) is 63.4 Å². The Labute approximate surface area is 244 Å². The van der Waals surface area contributed by atoms with Crippen molar-refractivity contribution in [1.82, 2.24) is 0 Å². The topological polar surface area (TPSA) is 132 Å². The first kappa shape index (κ1) is 30.1. The number of carboxylic acids is 1. The van der Waals surface area contributed by atoms with Gasteiger partial charge in [-0.05, 0) is 85.3 Å². The Morgan fingerprint density at radius 2 is 1.51 bits per heavy atom. The number of nitriles is 4. The van der Waals surface area contributed by atoms with E-state index < -0.39 is 17.3 Å². The molecule has 6 heteroatoms. The van der Waals surface area contributed by atoms with Crippen LogP contribution >= 0.6 is 0 Å². The van der Waals surface area contributed by atoms with Crippen molar-refractivity contribution >= 4 is 5.97 Å². The maximum absolute atomic E-state index is 13.2. The molecule has 2 bridgehead atoms. The molecule has 1 aromatic rings. The molecule has 0 saturated heterocycles. The first-order valence-corrected chi connectivity index (χ1v) is 15.3. The van der Waals surface area contributed by atoms with E-state index in [1.165, 1.54) is 25.7 Å². The fourth-order valence-corrected chi connectivity index (χ4v) is 7.89. The van der Waals surface area contributed by atoms with Gasteiger partial charge in [-0.25, -0.2) is 0 Å². The zero-order valence-corrected chi connectivity index (χ0v) is 24.4. The number of carbonyl (C=O) groups is 1. The van der Waals surface area contributed by atoms with Crippen LogP contribution in [0.25, 0.3) is 0 Å². The predicted molar refractivity (Wildman–Crippen MR) is 156 cm³/mol. The highest BCUT2D eigenvalue weighted by atomic mass is 16.4. The number of unbranched alkanes of at least 4 members (excludes halogenated alkanes) is 4. The summed E-state index contributed by atoms with van der Waals surface area (Å²) in [5.74, 6) is -2.60. The SMILES string of the molecule is CCCCCc1ccc(C2(C(=O)O)C=CC(C34CCC(CCCCC)(CC3)CC4)=C(C#N)C2C#N)c(C#N)c1C#N. The van der Waals surface area contributed by atoms with Crippen LogP contribution < -0.4 is 0 Å². The summed E-state index contributed by atoms with van der Waals surface area (Å²) in [6.45, 7) is 4.31. The highest BCUT2D eigenvalue weighted by Crippen LogP contribution is 2.63. The zero-order valence-electron chi connectivity index (χ0n) is 24.4. The fraction of sp³-hybridized carbons (Fsp3) is 0.571. The first-order valence-electron chi connectivity index (χ1n) is 15.3. The molecule has 0 aromatic heterocycles. The molecule has 0 aliphatic heterocycles. The molecule has 4 aliphatic carbocycles. The Bertz CT molecular complexity index is 1400. The van der Waals surface area contributed by atoms with Crippen molar-refractivity contribution in [3.63, 3.8) is 0 Å². The minimum atomic E-state index is -1.94. The second kappa shape index (κ2) is 12.3. The summed E-state index contributed by atoms with van der Waals surface area (Å²) in [5, 5.41) is 51.9. The van der Waals surface area contributed by atoms with Crippen LogP contribution in [0.3, 0.4) is 0 Å². The molecule has 212 valence electrons. The van der Waals surface area contributed by atoms with Gasteiger partial charge in [0, 0.05) is 0 Å². The van der Waals surface area contributed by atoms with Gasteiger partial charge in [0.15, 0.2) is 0 Å². The smallest absolute Gasteiger partial charge is 0.319 e. The summed E-state index contributed by atoms with van der Waals surface area (Å²) in [4.78, 5) is 13.2. The lowest BCUT2D eigenvalue weighted by atomic mass is 9.48. The molecule has 1 aromatic carbocycles. The highest BCUT2D eigenvalue weighted by molar-refractivity contribution is 5.89. The normalized spacial score (nSPS) is 28.4. The van der Waals surface area contributed by atoms with Crippen LogP contribution in [0.1, 0.15) is 120 Å². The number of allylic oxidation sites excluding steroid dienone is 3. The van der Waals surface area contributed by atoms with Gasteiger partial charge in [0.05, 0.1) is 28.8 Å². The lowest BCUT2D eigenvalue weighted by molar-refractivity contribution is -0.142. The van der Waals surface area contributed by atoms with E-state index in [0.29, 0.717) is 17.4 Å². The van der Waals surface area contributed by atoms with Crippen LogP contribution in [-0.4, -0.2) is 11.1 Å². The molecule has 0 spiro atoms. The number of carboxylic acid groups (broad SMARTS) is 1. The third kappa shape index (κ3) is 5.07. The second-order valence-corrected chi connectivity index (χ2v) is 12.4. The molecule has 0 heterocycles. The number of nitrogens with zero attached hydrogens (tertiary/aromatic N) is 4. The van der Waals surface area contributed by atoms with Crippen molar-refractivity contribution in [1.29, 1.82) is 21.0 Å². The van der Waals surface area contributed by atoms with E-state index in [1.807, 2.05) is 0 Å². The molecule has 0 radical (unpaired) electrons. The Balaban J connectivity index is 1.78. The summed E-state index contributed by atoms with van der Waals surface area (Å²) in [7, 11) is 0. The van der Waals surface area contributed by atoms with Crippen LogP contribution in [0.4, 0.5) is 0 Å². The monoisotopic (exact) mass is 548 g/mol. The fourth-order valence-electron chi connectivity index (χ4n) is 7.89. The van der Waals surface area contributed by atoms with Crippen molar-refractivity contribution in [3.8, 4) is 24.3 Å². The molecule has 0 amide bonds. The van der Waals surface area contributed by atoms with Gasteiger partial charge in [-0.2, -0.15) is 21.0 Å². The maximum atomic E-state index is 13.2. The summed E-state index contributed by atoms with van der Waals surface area (Å²) >= 11 is 0. The summed E-state index contributed by atoms with van der Waals surface area (Å²) in [6.07, 6.45) is 17.8. The molecule has 2 unspecified atom stereocenters. The molecule has 5 rings (SSSR count). The third-order valence-corrected chi connectivity index (χ3v) is 10.4. The molecule has 4 aliphatic rings. The Morgan fingerprint density at radius 3 is 2.05 bits per heavy atom. The predicted octanol–water partition coefficient (Wildman–Crippen LogP) is 7.94. The third-order valence-electron chi connectivity index (χ3n) is 10.4. The molecular weight excluding hydrogens is 508 g/mol. The first-order chi connectivity index (χ1) is 19.8. The number of hydrogen-bond donors (Lipinski definition) is 1. The number of hydrogen-bond acceptors (Lipinski definition) is 5. The van der Waals surface area contributed by atoms with Crippen molar-refractivity contribution in [3.05, 3.63) is 57.7 Å². The molecule has 3 saturated carbocycles. The second-order valence-electron chi connectivity index (χ2n) is 12.4. The van der Waals surface area contributed by atoms with E-state index in [2.05, 4.69) is 38.1 Å². The Hall–Kier alpha value is -3.87. The van der Waals surface area contributed by atoms with Crippen LogP contribution in [0.5, 0.6) is 0 Å².